The van der Waals surface area contributed by atoms with E-state index >= 15 is 0 Å². The molecule has 1 unspecified atom stereocenters. The molecule has 2 amide bonds. The summed E-state index contributed by atoms with van der Waals surface area (Å²) >= 11 is 0. The van der Waals surface area contributed by atoms with Crippen LogP contribution >= 0.6 is 0 Å². The molecular weight excluding hydrogens is 440 g/mol. The number of carbonyl (C=O) groups is 3. The Balaban J connectivity index is 1.38. The van der Waals surface area contributed by atoms with Gasteiger partial charge in [0.1, 0.15) is 12.6 Å². The third-order valence-corrected chi connectivity index (χ3v) is 6.08. The van der Waals surface area contributed by atoms with Crippen molar-refractivity contribution >= 4 is 18.0 Å². The molecule has 9 heteroatoms. The van der Waals surface area contributed by atoms with Crippen LogP contribution in [0, 0.1) is 0 Å². The van der Waals surface area contributed by atoms with Gasteiger partial charge in [-0.3, -0.25) is 9.59 Å². The van der Waals surface area contributed by atoms with E-state index in [0.717, 1.165) is 22.3 Å². The fraction of sp³-hybridized carbons (Fsp3) is 0.400. The maximum atomic E-state index is 12.7. The van der Waals surface area contributed by atoms with Crippen LogP contribution in [-0.2, 0) is 23.8 Å². The van der Waals surface area contributed by atoms with Gasteiger partial charge >= 0.3 is 12.1 Å². The van der Waals surface area contributed by atoms with Gasteiger partial charge in [0.2, 0.25) is 5.91 Å². The highest BCUT2D eigenvalue weighted by Gasteiger charge is 2.33. The number of aliphatic carboxylic acids is 1. The van der Waals surface area contributed by atoms with Crippen LogP contribution in [0.5, 0.6) is 0 Å². The summed E-state index contributed by atoms with van der Waals surface area (Å²) in [5.41, 5.74) is 4.36. The highest BCUT2D eigenvalue weighted by Crippen LogP contribution is 2.44. The number of hydrogen-bond donors (Lipinski definition) is 3. The third-order valence-electron chi connectivity index (χ3n) is 6.08. The number of benzene rings is 2. The van der Waals surface area contributed by atoms with Gasteiger partial charge in [0.05, 0.1) is 19.8 Å². The number of alkyl carbamates (subject to hydrolysis) is 1. The molecule has 2 aliphatic rings. The zero-order valence-corrected chi connectivity index (χ0v) is 18.9. The summed E-state index contributed by atoms with van der Waals surface area (Å²) < 4.78 is 16.4. The van der Waals surface area contributed by atoms with Crippen molar-refractivity contribution in [3.63, 3.8) is 0 Å². The van der Waals surface area contributed by atoms with Crippen molar-refractivity contribution in [3.8, 4) is 11.1 Å². The van der Waals surface area contributed by atoms with E-state index in [1.54, 1.807) is 6.92 Å². The zero-order valence-electron chi connectivity index (χ0n) is 18.9. The molecule has 0 spiro atoms. The van der Waals surface area contributed by atoms with E-state index in [1.165, 1.54) is 0 Å². The molecule has 180 valence electrons. The fourth-order valence-corrected chi connectivity index (χ4v) is 4.35. The molecule has 1 aliphatic heterocycles. The molecule has 3 N–H and O–H groups in total. The predicted molar refractivity (Wildman–Crippen MR) is 122 cm³/mol. The summed E-state index contributed by atoms with van der Waals surface area (Å²) in [6, 6.07) is 14.9. The van der Waals surface area contributed by atoms with Crippen molar-refractivity contribution < 1.29 is 33.7 Å². The second kappa shape index (κ2) is 10.2. The number of fused-ring (bicyclic) bond motifs is 3. The molecule has 2 aromatic carbocycles. The van der Waals surface area contributed by atoms with E-state index in [4.69, 9.17) is 19.3 Å². The van der Waals surface area contributed by atoms with Crippen LogP contribution in [0.2, 0.25) is 0 Å². The second-order valence-corrected chi connectivity index (χ2v) is 8.50. The Kier molecular flexibility index (Phi) is 7.14. The Labute approximate surface area is 197 Å². The number of nitrogens with one attached hydrogen (secondary N) is 2. The van der Waals surface area contributed by atoms with Crippen molar-refractivity contribution in [1.29, 1.82) is 0 Å². The SMILES string of the molecule is CC1(CNC(=O)C(CCC(=O)O)NC(=O)OCC2c3ccccc3-c3ccccc32)OCCO1. The molecule has 0 saturated carbocycles. The average Bonchev–Trinajstić information content (AvgIpc) is 3.40. The van der Waals surface area contributed by atoms with Crippen LogP contribution in [0.25, 0.3) is 11.1 Å². The van der Waals surface area contributed by atoms with Gasteiger partial charge in [-0.2, -0.15) is 0 Å². The quantitative estimate of drug-likeness (QED) is 0.517. The molecule has 4 rings (SSSR count). The summed E-state index contributed by atoms with van der Waals surface area (Å²) in [5.74, 6) is -2.67. The average molecular weight is 469 g/mol. The summed E-state index contributed by atoms with van der Waals surface area (Å²) in [7, 11) is 0. The first-order chi connectivity index (χ1) is 16.4. The van der Waals surface area contributed by atoms with Crippen molar-refractivity contribution in [2.75, 3.05) is 26.4 Å². The van der Waals surface area contributed by atoms with Crippen molar-refractivity contribution in [2.24, 2.45) is 0 Å². The Morgan fingerprint density at radius 3 is 2.24 bits per heavy atom. The smallest absolute Gasteiger partial charge is 0.407 e. The molecule has 1 heterocycles. The number of rotatable bonds is 9. The maximum absolute atomic E-state index is 12.7. The first kappa shape index (κ1) is 23.7. The first-order valence-electron chi connectivity index (χ1n) is 11.3. The summed E-state index contributed by atoms with van der Waals surface area (Å²) in [4.78, 5) is 36.3. The molecule has 9 nitrogen and oxygen atoms in total. The number of ether oxygens (including phenoxy) is 3. The lowest BCUT2D eigenvalue weighted by molar-refractivity contribution is -0.146. The minimum Gasteiger partial charge on any atom is -0.481 e. The van der Waals surface area contributed by atoms with Crippen LogP contribution in [0.4, 0.5) is 4.79 Å². The Morgan fingerprint density at radius 1 is 1.06 bits per heavy atom. The summed E-state index contributed by atoms with van der Waals surface area (Å²) in [5, 5.41) is 14.2. The maximum Gasteiger partial charge on any atom is 0.407 e. The van der Waals surface area contributed by atoms with Crippen LogP contribution in [0.3, 0.4) is 0 Å². The van der Waals surface area contributed by atoms with E-state index in [1.807, 2.05) is 48.5 Å². The van der Waals surface area contributed by atoms with Gasteiger partial charge in [0.15, 0.2) is 5.79 Å². The van der Waals surface area contributed by atoms with Crippen LogP contribution < -0.4 is 10.6 Å². The Hall–Kier alpha value is -3.43. The van der Waals surface area contributed by atoms with Gasteiger partial charge in [-0.1, -0.05) is 48.5 Å². The number of amides is 2. The van der Waals surface area contributed by atoms with Crippen LogP contribution in [0.1, 0.15) is 36.8 Å². The number of carbonyl (C=O) groups excluding carboxylic acids is 2. The van der Waals surface area contributed by atoms with Crippen molar-refractivity contribution in [3.05, 3.63) is 59.7 Å². The highest BCUT2D eigenvalue weighted by molar-refractivity contribution is 5.86. The monoisotopic (exact) mass is 468 g/mol. The zero-order chi connectivity index (χ0) is 24.1. The predicted octanol–water partition coefficient (Wildman–Crippen LogP) is 2.64. The molecule has 1 aliphatic carbocycles. The van der Waals surface area contributed by atoms with E-state index in [9.17, 15) is 14.4 Å². The van der Waals surface area contributed by atoms with Crippen LogP contribution in [0.15, 0.2) is 48.5 Å². The van der Waals surface area contributed by atoms with Gasteiger partial charge in [-0.15, -0.1) is 0 Å². The van der Waals surface area contributed by atoms with Gasteiger partial charge in [0.25, 0.3) is 0 Å². The second-order valence-electron chi connectivity index (χ2n) is 8.50. The van der Waals surface area contributed by atoms with Crippen molar-refractivity contribution in [1.82, 2.24) is 10.6 Å². The largest absolute Gasteiger partial charge is 0.481 e. The lowest BCUT2D eigenvalue weighted by atomic mass is 9.98. The van der Waals surface area contributed by atoms with E-state index in [-0.39, 0.29) is 31.9 Å². The molecule has 0 bridgehead atoms. The molecule has 0 aromatic heterocycles. The number of carboxylic acids is 1. The van der Waals surface area contributed by atoms with Gasteiger partial charge in [-0.05, 0) is 35.6 Å². The number of hydrogen-bond acceptors (Lipinski definition) is 6. The lowest BCUT2D eigenvalue weighted by Crippen LogP contribution is -2.51. The molecule has 2 aromatic rings. The van der Waals surface area contributed by atoms with E-state index in [2.05, 4.69) is 10.6 Å². The van der Waals surface area contributed by atoms with Gasteiger partial charge in [0, 0.05) is 12.3 Å². The topological polar surface area (TPSA) is 123 Å². The fourth-order valence-electron chi connectivity index (χ4n) is 4.35. The van der Waals surface area contributed by atoms with Gasteiger partial charge < -0.3 is 30.0 Å². The molecule has 34 heavy (non-hydrogen) atoms. The summed E-state index contributed by atoms with van der Waals surface area (Å²) in [6.07, 6.45) is -1.15. The Morgan fingerprint density at radius 2 is 1.65 bits per heavy atom. The van der Waals surface area contributed by atoms with Crippen molar-refractivity contribution in [2.45, 2.75) is 37.5 Å². The first-order valence-corrected chi connectivity index (χ1v) is 11.3. The lowest BCUT2D eigenvalue weighted by Gasteiger charge is -2.24. The van der Waals surface area contributed by atoms with E-state index in [0.29, 0.717) is 13.2 Å². The molecule has 1 atom stereocenters. The normalized spacial score (nSPS) is 16.9. The minimum atomic E-state index is -1.07. The Bertz CT molecular complexity index is 1020. The third kappa shape index (κ3) is 5.37. The highest BCUT2D eigenvalue weighted by atomic mass is 16.7. The van der Waals surface area contributed by atoms with E-state index < -0.39 is 29.8 Å². The minimum absolute atomic E-state index is 0.0712. The molecule has 0 radical (unpaired) electrons. The number of carboxylic acid groups (broad SMARTS) is 1. The standard InChI is InChI=1S/C25H28N2O7/c1-25(33-12-13-34-25)15-26-23(30)21(10-11-22(28)29)27-24(31)32-14-20-18-8-4-2-6-16(18)17-7-3-5-9-19(17)20/h2-9,20-21H,10-15H2,1H3,(H,26,30)(H,27,31)(H,28,29). The molecule has 1 fully saturated rings. The van der Waals surface area contributed by atoms with Crippen LogP contribution in [-0.4, -0.2) is 61.3 Å². The van der Waals surface area contributed by atoms with Gasteiger partial charge in [-0.25, -0.2) is 4.79 Å². The summed E-state index contributed by atoms with van der Waals surface area (Å²) in [6.45, 7) is 2.71. The molecular formula is C25H28N2O7. The molecule has 1 saturated heterocycles.